The molecule has 5 nitrogen and oxygen atoms in total. The first-order chi connectivity index (χ1) is 7.42. The largest absolute Gasteiger partial charge is 0.374 e. The van der Waals surface area contributed by atoms with E-state index in [1.165, 1.54) is 11.4 Å². The first-order valence-electron chi connectivity index (χ1n) is 5.52. The molecule has 0 N–H and O–H groups in total. The molecule has 0 aromatic rings. The van der Waals surface area contributed by atoms with Gasteiger partial charge in [0.1, 0.15) is 0 Å². The molecule has 7 heteroatoms. The molecule has 0 fully saturated rings. The van der Waals surface area contributed by atoms with Crippen molar-refractivity contribution >= 4 is 17.2 Å². The second-order valence-electron chi connectivity index (χ2n) is 5.11. The molecule has 0 amide bonds. The van der Waals surface area contributed by atoms with Crippen molar-refractivity contribution in [1.82, 2.24) is 4.31 Å². The van der Waals surface area contributed by atoms with Crippen LogP contribution in [0.25, 0.3) is 0 Å². The van der Waals surface area contributed by atoms with E-state index in [0.717, 1.165) is 6.26 Å². The van der Waals surface area contributed by atoms with Crippen molar-refractivity contribution in [2.24, 2.45) is 0 Å². The number of ether oxygens (including phenoxy) is 1. The van der Waals surface area contributed by atoms with Crippen LogP contribution in [0.15, 0.2) is 0 Å². The molecule has 0 bridgehead atoms. The highest BCUT2D eigenvalue weighted by Crippen LogP contribution is 2.37. The van der Waals surface area contributed by atoms with E-state index in [4.69, 9.17) is 4.74 Å². The minimum Gasteiger partial charge on any atom is -0.374 e. The van der Waals surface area contributed by atoms with Gasteiger partial charge in [-0.2, -0.15) is 0 Å². The maximum absolute atomic E-state index is 11.8. The van der Waals surface area contributed by atoms with Gasteiger partial charge in [0.15, 0.2) is 0 Å². The fourth-order valence-corrected chi connectivity index (χ4v) is 3.06. The molecule has 0 unspecified atom stereocenters. The monoisotopic (exact) mass is 285 g/mol. The number of rotatable bonds is 7. The zero-order valence-corrected chi connectivity index (χ0v) is 13.2. The van der Waals surface area contributed by atoms with Crippen molar-refractivity contribution in [3.05, 3.63) is 0 Å². The lowest BCUT2D eigenvalue weighted by Crippen LogP contribution is -2.37. The Morgan fingerprint density at radius 1 is 1.29 bits per heavy atom. The first-order valence-corrected chi connectivity index (χ1v) is 10.2. The van der Waals surface area contributed by atoms with Crippen molar-refractivity contribution in [2.45, 2.75) is 26.1 Å². The highest BCUT2D eigenvalue weighted by atomic mass is 32.2. The van der Waals surface area contributed by atoms with Gasteiger partial charge in [0.05, 0.1) is 25.6 Å². The van der Waals surface area contributed by atoms with Gasteiger partial charge in [0.25, 0.3) is 0 Å². The van der Waals surface area contributed by atoms with E-state index >= 15 is 0 Å². The van der Waals surface area contributed by atoms with Crippen LogP contribution in [0.2, 0.25) is 0 Å². The normalized spacial score (nSPS) is 15.5. The third-order valence-electron chi connectivity index (χ3n) is 2.13. The Labute approximate surface area is 105 Å². The SMILES string of the molecule is CC(C)O[C@@H](CN(C)S(C)(=O)=O)CP(C)(C)=O. The summed E-state index contributed by atoms with van der Waals surface area (Å²) in [5.74, 6) is 0. The smallest absolute Gasteiger partial charge is 0.211 e. The number of nitrogens with zero attached hydrogens (tertiary/aromatic N) is 1. The predicted octanol–water partition coefficient (Wildman–Crippen LogP) is 1.29. The van der Waals surface area contributed by atoms with Crippen molar-refractivity contribution < 1.29 is 17.7 Å². The van der Waals surface area contributed by atoms with E-state index in [1.54, 1.807) is 13.3 Å². The van der Waals surface area contributed by atoms with Gasteiger partial charge in [-0.05, 0) is 27.2 Å². The molecule has 0 aromatic carbocycles. The summed E-state index contributed by atoms with van der Waals surface area (Å²) in [5.41, 5.74) is 0. The third kappa shape index (κ3) is 8.77. The van der Waals surface area contributed by atoms with Crippen LogP contribution >= 0.6 is 7.14 Å². The minimum atomic E-state index is -3.23. The molecular formula is C10H24NO4PS. The molecule has 104 valence electrons. The van der Waals surface area contributed by atoms with Crippen LogP contribution in [0.5, 0.6) is 0 Å². The van der Waals surface area contributed by atoms with E-state index in [-0.39, 0.29) is 18.8 Å². The molecule has 0 saturated heterocycles. The topological polar surface area (TPSA) is 63.7 Å². The maximum atomic E-state index is 11.8. The van der Waals surface area contributed by atoms with Crippen LogP contribution in [-0.2, 0) is 19.3 Å². The van der Waals surface area contributed by atoms with Gasteiger partial charge in [-0.1, -0.05) is 0 Å². The van der Waals surface area contributed by atoms with Crippen LogP contribution in [0.4, 0.5) is 0 Å². The number of hydrogen-bond donors (Lipinski definition) is 0. The van der Waals surface area contributed by atoms with E-state index in [9.17, 15) is 13.0 Å². The quantitative estimate of drug-likeness (QED) is 0.661. The highest BCUT2D eigenvalue weighted by Gasteiger charge is 2.23. The molecule has 0 rings (SSSR count). The van der Waals surface area contributed by atoms with Crippen molar-refractivity contribution in [2.75, 3.05) is 39.3 Å². The molecular weight excluding hydrogens is 261 g/mol. The molecule has 0 saturated carbocycles. The minimum absolute atomic E-state index is 0.0143. The first kappa shape index (κ1) is 17.1. The average Bonchev–Trinajstić information content (AvgIpc) is 1.96. The van der Waals surface area contributed by atoms with Crippen LogP contribution in [0.1, 0.15) is 13.8 Å². The van der Waals surface area contributed by atoms with Crippen molar-refractivity contribution in [1.29, 1.82) is 0 Å². The van der Waals surface area contributed by atoms with Gasteiger partial charge in [-0.3, -0.25) is 0 Å². The lowest BCUT2D eigenvalue weighted by Gasteiger charge is -2.26. The Balaban J connectivity index is 4.66. The number of hydrogen-bond acceptors (Lipinski definition) is 4. The Morgan fingerprint density at radius 2 is 1.76 bits per heavy atom. The molecule has 1 atom stereocenters. The molecule has 0 spiro atoms. The predicted molar refractivity (Wildman–Crippen MR) is 71.8 cm³/mol. The van der Waals surface area contributed by atoms with Gasteiger partial charge in [-0.25, -0.2) is 12.7 Å². The Kier molecular flexibility index (Phi) is 6.36. The fraction of sp³-hybridized carbons (Fsp3) is 1.00. The summed E-state index contributed by atoms with van der Waals surface area (Å²) < 4.78 is 41.3. The Bertz CT molecular complexity index is 374. The van der Waals surface area contributed by atoms with Gasteiger partial charge in [0, 0.05) is 19.8 Å². The van der Waals surface area contributed by atoms with E-state index in [0.29, 0.717) is 6.16 Å². The summed E-state index contributed by atoms with van der Waals surface area (Å²) in [7, 11) is -3.96. The van der Waals surface area contributed by atoms with E-state index in [2.05, 4.69) is 0 Å². The second kappa shape index (κ2) is 6.32. The Hall–Kier alpha value is 0.1000. The molecule has 0 aliphatic heterocycles. The second-order valence-corrected chi connectivity index (χ2v) is 10.7. The third-order valence-corrected chi connectivity index (χ3v) is 4.70. The standard InChI is InChI=1S/C10H24NO4PS/c1-9(2)15-10(8-16(4,5)12)7-11(3)17(6,13)14/h9-10H,7-8H2,1-6H3/t10-/m0/s1. The summed E-state index contributed by atoms with van der Waals surface area (Å²) in [6.45, 7) is 7.37. The van der Waals surface area contributed by atoms with E-state index < -0.39 is 17.2 Å². The van der Waals surface area contributed by atoms with Crippen molar-refractivity contribution in [3.63, 3.8) is 0 Å². The van der Waals surface area contributed by atoms with Crippen LogP contribution < -0.4 is 0 Å². The van der Waals surface area contributed by atoms with E-state index in [1.807, 2.05) is 13.8 Å². The summed E-state index contributed by atoms with van der Waals surface area (Å²) in [5, 5.41) is 0. The van der Waals surface area contributed by atoms with Crippen LogP contribution in [0, 0.1) is 0 Å². The van der Waals surface area contributed by atoms with Gasteiger partial charge in [-0.15, -0.1) is 0 Å². The molecule has 0 aromatic heterocycles. The summed E-state index contributed by atoms with van der Waals surface area (Å²) in [6.07, 6.45) is 1.21. The lowest BCUT2D eigenvalue weighted by molar-refractivity contribution is 0.0137. The summed E-state index contributed by atoms with van der Waals surface area (Å²) in [4.78, 5) is 0. The number of sulfonamides is 1. The number of likely N-dealkylation sites (N-methyl/N-ethyl adjacent to an activating group) is 1. The van der Waals surface area contributed by atoms with Crippen molar-refractivity contribution in [3.8, 4) is 0 Å². The van der Waals surface area contributed by atoms with Crippen LogP contribution in [0.3, 0.4) is 0 Å². The van der Waals surface area contributed by atoms with Crippen LogP contribution in [-0.4, -0.2) is 64.3 Å². The maximum Gasteiger partial charge on any atom is 0.211 e. The molecule has 17 heavy (non-hydrogen) atoms. The van der Waals surface area contributed by atoms with Gasteiger partial charge < -0.3 is 9.30 Å². The molecule has 0 aliphatic rings. The van der Waals surface area contributed by atoms with Gasteiger partial charge in [0.2, 0.25) is 10.0 Å². The fourth-order valence-electron chi connectivity index (χ4n) is 1.44. The molecule has 0 heterocycles. The lowest BCUT2D eigenvalue weighted by atomic mass is 10.4. The average molecular weight is 285 g/mol. The highest BCUT2D eigenvalue weighted by molar-refractivity contribution is 7.88. The zero-order chi connectivity index (χ0) is 13.9. The summed E-state index contributed by atoms with van der Waals surface area (Å²) >= 11 is 0. The Morgan fingerprint density at radius 3 is 2.06 bits per heavy atom. The summed E-state index contributed by atoms with van der Waals surface area (Å²) in [6, 6.07) is 0. The molecule has 0 radical (unpaired) electrons. The van der Waals surface area contributed by atoms with Gasteiger partial charge >= 0.3 is 0 Å². The zero-order valence-electron chi connectivity index (χ0n) is 11.5. The molecule has 0 aliphatic carbocycles.